The topological polar surface area (TPSA) is 157 Å². The summed E-state index contributed by atoms with van der Waals surface area (Å²) in [6.07, 6.45) is 1.00. The molecule has 0 unspecified atom stereocenters. The van der Waals surface area contributed by atoms with Gasteiger partial charge in [0.15, 0.2) is 0 Å². The molecule has 2 heterocycles. The Morgan fingerprint density at radius 2 is 0.917 bits per heavy atom. The molecule has 15 heteroatoms. The van der Waals surface area contributed by atoms with Crippen molar-refractivity contribution in [2.24, 2.45) is 20.5 Å². The van der Waals surface area contributed by atoms with Gasteiger partial charge in [0.1, 0.15) is 41.3 Å². The first kappa shape index (κ1) is 41.9. The van der Waals surface area contributed by atoms with Gasteiger partial charge in [0.05, 0.1) is 56.0 Å². The quantitative estimate of drug-likeness (QED) is 0.0643. The molecule has 12 nitrogen and oxygen atoms in total. The van der Waals surface area contributed by atoms with Crippen molar-refractivity contribution < 1.29 is 27.2 Å². The molecule has 8 aromatic rings. The highest BCUT2D eigenvalue weighted by Gasteiger charge is 2.08. The highest BCUT2D eigenvalue weighted by atomic mass is 32.2. The number of thiazole rings is 2. The maximum Gasteiger partial charge on any atom is 0.264 e. The third kappa shape index (κ3) is 11.9. The van der Waals surface area contributed by atoms with E-state index in [1.165, 1.54) is 20.5 Å². The number of ether oxygens (including phenoxy) is 2. The summed E-state index contributed by atoms with van der Waals surface area (Å²) in [6, 6.07) is 42.6. The first-order chi connectivity index (χ1) is 29.1. The van der Waals surface area contributed by atoms with Crippen molar-refractivity contribution in [3.63, 3.8) is 0 Å². The Morgan fingerprint density at radius 3 is 1.30 bits per heavy atom. The molecule has 0 fully saturated rings. The Balaban J connectivity index is 0.000000183. The van der Waals surface area contributed by atoms with E-state index in [0.717, 1.165) is 55.5 Å². The molecule has 2 aromatic heterocycles. The lowest BCUT2D eigenvalue weighted by Crippen LogP contribution is -2.11. The first-order valence-electron chi connectivity index (χ1n) is 18.8. The second-order valence-corrected chi connectivity index (χ2v) is 17.1. The summed E-state index contributed by atoms with van der Waals surface area (Å²) in [5.74, 6) is 1.29. The number of fused-ring (bicyclic) bond motifs is 2. The Kier molecular flexibility index (Phi) is 13.7. The molecule has 0 atom stereocenters. The van der Waals surface area contributed by atoms with Gasteiger partial charge in [-0.2, -0.15) is 28.9 Å². The minimum absolute atomic E-state index is 0.00584. The van der Waals surface area contributed by atoms with Crippen LogP contribution in [0.15, 0.2) is 154 Å². The normalized spacial score (nSPS) is 11.7. The molecular formula is C45H40N6O6S3. The highest BCUT2D eigenvalue weighted by molar-refractivity contribution is 7.85. The summed E-state index contributed by atoms with van der Waals surface area (Å²) in [7, 11) is -3.46. The molecule has 0 saturated carbocycles. The van der Waals surface area contributed by atoms with Gasteiger partial charge in [-0.05, 0) is 146 Å². The van der Waals surface area contributed by atoms with Crippen LogP contribution in [0.4, 0.5) is 22.7 Å². The maximum atomic E-state index is 10.9. The molecule has 304 valence electrons. The van der Waals surface area contributed by atoms with Crippen LogP contribution in [0.25, 0.3) is 41.6 Å². The number of nitrogens with zero attached hydrogens (tertiary/aromatic N) is 6. The fraction of sp³-hybridized carbons (Fsp3) is 0.156. The molecule has 60 heavy (non-hydrogen) atoms. The zero-order chi connectivity index (χ0) is 41.9. The van der Waals surface area contributed by atoms with Crippen LogP contribution in [0.1, 0.15) is 11.1 Å². The summed E-state index contributed by atoms with van der Waals surface area (Å²) >= 11 is 3.37. The molecular weight excluding hydrogens is 817 g/mol. The van der Waals surface area contributed by atoms with Gasteiger partial charge in [-0.15, -0.1) is 22.7 Å². The second kappa shape index (κ2) is 19.7. The average molecular weight is 857 g/mol. The van der Waals surface area contributed by atoms with Gasteiger partial charge in [0.25, 0.3) is 10.1 Å². The molecule has 0 aliphatic heterocycles. The van der Waals surface area contributed by atoms with E-state index in [0.29, 0.717) is 17.2 Å². The van der Waals surface area contributed by atoms with Gasteiger partial charge in [-0.25, -0.2) is 9.97 Å². The van der Waals surface area contributed by atoms with E-state index in [9.17, 15) is 8.42 Å². The lowest BCUT2D eigenvalue weighted by atomic mass is 10.2. The monoisotopic (exact) mass is 856 g/mol. The summed E-state index contributed by atoms with van der Waals surface area (Å²) in [4.78, 5) is 9.42. The van der Waals surface area contributed by atoms with Gasteiger partial charge in [0.2, 0.25) is 0 Å². The lowest BCUT2D eigenvalue weighted by molar-refractivity contribution is 0.201. The molecule has 0 saturated heterocycles. The standard InChI is InChI=1S/C23H21N3O4S2.C22H19N3O2S/c1-16-3-12-21-22(15-16)31-23(24-21)17-4-6-18(7-5-17)25-26-19-8-10-20(11-9-19)29-13-14-30-32(2,27)28;1-15-2-11-20-21(14-15)28-22(23-20)16-3-5-17(6-4-16)24-25-18-7-9-19(10-8-18)27-13-12-26/h3-12,15H,13-14H2,1-2H3;2-11,14,26H,12-13H2,1H3. The van der Waals surface area contributed by atoms with E-state index in [1.54, 1.807) is 46.9 Å². The van der Waals surface area contributed by atoms with Gasteiger partial charge in [-0.3, -0.25) is 4.18 Å². The number of azo groups is 2. The predicted molar refractivity (Wildman–Crippen MR) is 240 cm³/mol. The number of aromatic nitrogens is 2. The van der Waals surface area contributed by atoms with Crippen LogP contribution in [0, 0.1) is 13.8 Å². The van der Waals surface area contributed by atoms with Crippen LogP contribution in [0.3, 0.4) is 0 Å². The lowest BCUT2D eigenvalue weighted by Gasteiger charge is -2.05. The fourth-order valence-electron chi connectivity index (χ4n) is 5.61. The summed E-state index contributed by atoms with van der Waals surface area (Å²) in [5.41, 5.74) is 9.56. The molecule has 0 spiro atoms. The Bertz CT molecular complexity index is 2840. The summed E-state index contributed by atoms with van der Waals surface area (Å²) in [5, 5.41) is 27.8. The first-order valence-corrected chi connectivity index (χ1v) is 22.2. The van der Waals surface area contributed by atoms with E-state index in [-0.39, 0.29) is 26.4 Å². The second-order valence-electron chi connectivity index (χ2n) is 13.4. The molecule has 8 rings (SSSR count). The molecule has 1 N–H and O–H groups in total. The van der Waals surface area contributed by atoms with Gasteiger partial charge < -0.3 is 14.6 Å². The van der Waals surface area contributed by atoms with E-state index < -0.39 is 10.1 Å². The van der Waals surface area contributed by atoms with Crippen LogP contribution in [-0.2, 0) is 14.3 Å². The number of benzene rings is 6. The highest BCUT2D eigenvalue weighted by Crippen LogP contribution is 2.34. The zero-order valence-electron chi connectivity index (χ0n) is 32.9. The van der Waals surface area contributed by atoms with Crippen LogP contribution < -0.4 is 9.47 Å². The maximum absolute atomic E-state index is 10.9. The van der Waals surface area contributed by atoms with Gasteiger partial charge in [-0.1, -0.05) is 12.1 Å². The van der Waals surface area contributed by atoms with Crippen LogP contribution in [0.2, 0.25) is 0 Å². The molecule has 0 radical (unpaired) electrons. The van der Waals surface area contributed by atoms with E-state index >= 15 is 0 Å². The smallest absolute Gasteiger partial charge is 0.264 e. The van der Waals surface area contributed by atoms with Crippen LogP contribution in [0.5, 0.6) is 11.5 Å². The minimum Gasteiger partial charge on any atom is -0.491 e. The predicted octanol–water partition coefficient (Wildman–Crippen LogP) is 12.1. The molecule has 6 aromatic carbocycles. The Hall–Kier alpha value is -6.23. The van der Waals surface area contributed by atoms with Gasteiger partial charge in [0, 0.05) is 11.1 Å². The molecule has 0 amide bonds. The van der Waals surface area contributed by atoms with Crippen molar-refractivity contribution >= 4 is 76.0 Å². The number of hydrogen-bond acceptors (Lipinski definition) is 14. The van der Waals surface area contributed by atoms with Gasteiger partial charge >= 0.3 is 0 Å². The van der Waals surface area contributed by atoms with Crippen LogP contribution in [-0.4, -0.2) is 56.2 Å². The number of aliphatic hydroxyl groups is 1. The van der Waals surface area contributed by atoms with E-state index in [1.807, 2.05) is 78.9 Å². The van der Waals surface area contributed by atoms with Crippen molar-refractivity contribution in [2.45, 2.75) is 13.8 Å². The van der Waals surface area contributed by atoms with E-state index in [4.69, 9.17) is 24.5 Å². The third-order valence-electron chi connectivity index (χ3n) is 8.56. The molecule has 0 aliphatic rings. The summed E-state index contributed by atoms with van der Waals surface area (Å²) < 4.78 is 39.6. The number of aryl methyl sites for hydroxylation is 2. The van der Waals surface area contributed by atoms with Crippen molar-refractivity contribution in [1.82, 2.24) is 9.97 Å². The SMILES string of the molecule is Cc1ccc2nc(-c3ccc(N=Nc4ccc(OCCO)cc4)cc3)sc2c1.Cc1ccc2nc(-c3ccc(N=Nc4ccc(OCCOS(C)(=O)=O)cc4)cc3)sc2c1. The largest absolute Gasteiger partial charge is 0.491 e. The molecule has 0 aliphatic carbocycles. The van der Waals surface area contributed by atoms with Crippen LogP contribution >= 0.6 is 22.7 Å². The summed E-state index contributed by atoms with van der Waals surface area (Å²) in [6.45, 7) is 4.54. The third-order valence-corrected chi connectivity index (χ3v) is 11.3. The number of aliphatic hydroxyl groups excluding tert-OH is 1. The number of hydrogen-bond donors (Lipinski definition) is 1. The van der Waals surface area contributed by atoms with Crippen molar-refractivity contribution in [3.8, 4) is 32.6 Å². The van der Waals surface area contributed by atoms with E-state index in [2.05, 4.69) is 68.8 Å². The fourth-order valence-corrected chi connectivity index (χ4v) is 8.12. The minimum atomic E-state index is -3.46. The number of rotatable bonds is 14. The average Bonchev–Trinajstić information content (AvgIpc) is 3.88. The Labute approximate surface area is 355 Å². The zero-order valence-corrected chi connectivity index (χ0v) is 35.4. The Morgan fingerprint density at radius 1 is 0.533 bits per heavy atom. The molecule has 0 bridgehead atoms. The van der Waals surface area contributed by atoms with Crippen molar-refractivity contribution in [1.29, 1.82) is 0 Å². The van der Waals surface area contributed by atoms with Crippen molar-refractivity contribution in [3.05, 3.63) is 145 Å². The van der Waals surface area contributed by atoms with Crippen molar-refractivity contribution in [2.75, 3.05) is 32.7 Å².